The Bertz CT molecular complexity index is 1290. The van der Waals surface area contributed by atoms with Crippen LogP contribution < -0.4 is 0 Å². The van der Waals surface area contributed by atoms with Crippen molar-refractivity contribution in [1.82, 2.24) is 14.8 Å². The summed E-state index contributed by atoms with van der Waals surface area (Å²) in [5.74, 6) is -0.615. The molecule has 208 valence electrons. The van der Waals surface area contributed by atoms with Gasteiger partial charge >= 0.3 is 12.1 Å². The van der Waals surface area contributed by atoms with Crippen molar-refractivity contribution < 1.29 is 27.5 Å². The summed E-state index contributed by atoms with van der Waals surface area (Å²) in [4.78, 5) is 33.3. The number of likely N-dealkylation sites (tertiary alicyclic amines) is 1. The Hall–Kier alpha value is -2.95. The van der Waals surface area contributed by atoms with Crippen LogP contribution in [0, 0.1) is 5.92 Å². The average Bonchev–Trinajstić information content (AvgIpc) is 3.36. The number of amides is 1. The molecule has 0 unspecified atom stereocenters. The van der Waals surface area contributed by atoms with Crippen molar-refractivity contribution in [2.75, 3.05) is 19.7 Å². The van der Waals surface area contributed by atoms with Crippen LogP contribution in [0.1, 0.15) is 52.0 Å². The van der Waals surface area contributed by atoms with E-state index in [1.807, 2.05) is 23.1 Å². The molecule has 1 aromatic heterocycles. The summed E-state index contributed by atoms with van der Waals surface area (Å²) < 4.78 is 44.9. The molecule has 0 N–H and O–H groups in total. The number of hydrogen-bond acceptors (Lipinski definition) is 6. The van der Waals surface area contributed by atoms with Crippen LogP contribution in [0.25, 0.3) is 0 Å². The summed E-state index contributed by atoms with van der Waals surface area (Å²) in [6.07, 6.45) is -3.33. The minimum Gasteiger partial charge on any atom is -0.466 e. The topological polar surface area (TPSA) is 62.7 Å². The second-order valence-electron chi connectivity index (χ2n) is 9.42. The van der Waals surface area contributed by atoms with E-state index in [2.05, 4.69) is 4.98 Å². The minimum atomic E-state index is -4.43. The smallest absolute Gasteiger partial charge is 0.416 e. The van der Waals surface area contributed by atoms with Gasteiger partial charge in [-0.2, -0.15) is 13.2 Å². The summed E-state index contributed by atoms with van der Waals surface area (Å²) in [5.41, 5.74) is 1.05. The number of nitrogens with zero attached hydrogens (tertiary/aromatic N) is 3. The molecule has 1 saturated heterocycles. The van der Waals surface area contributed by atoms with Gasteiger partial charge in [0.1, 0.15) is 10.7 Å². The van der Waals surface area contributed by atoms with E-state index in [1.54, 1.807) is 29.3 Å². The molecule has 2 heterocycles. The molecule has 0 radical (unpaired) electrons. The first-order chi connectivity index (χ1) is 18.6. The summed E-state index contributed by atoms with van der Waals surface area (Å²) in [6, 6.07) is 12.6. The Balaban J connectivity index is 1.46. The molecule has 3 aromatic rings. The highest BCUT2D eigenvalue weighted by Gasteiger charge is 2.31. The third kappa shape index (κ3) is 8.03. The fourth-order valence-corrected chi connectivity index (χ4v) is 5.60. The maximum absolute atomic E-state index is 13.3. The van der Waals surface area contributed by atoms with Crippen LogP contribution in [0.2, 0.25) is 5.02 Å². The normalized spacial score (nSPS) is 14.6. The number of esters is 1. The van der Waals surface area contributed by atoms with E-state index in [9.17, 15) is 22.8 Å². The van der Waals surface area contributed by atoms with Gasteiger partial charge in [-0.1, -0.05) is 41.9 Å². The Morgan fingerprint density at radius 2 is 1.74 bits per heavy atom. The third-order valence-electron chi connectivity index (χ3n) is 6.49. The van der Waals surface area contributed by atoms with Crippen molar-refractivity contribution in [2.24, 2.45) is 5.92 Å². The number of carbonyl (C=O) groups is 2. The van der Waals surface area contributed by atoms with Crippen LogP contribution in [-0.4, -0.2) is 46.4 Å². The minimum absolute atomic E-state index is 0.195. The molecular weight excluding hydrogens is 551 g/mol. The van der Waals surface area contributed by atoms with Crippen molar-refractivity contribution in [3.8, 4) is 0 Å². The van der Waals surface area contributed by atoms with Crippen molar-refractivity contribution >= 4 is 34.8 Å². The highest BCUT2D eigenvalue weighted by molar-refractivity contribution is 7.09. The van der Waals surface area contributed by atoms with Crippen molar-refractivity contribution in [3.05, 3.63) is 86.3 Å². The molecule has 4 rings (SSSR count). The molecule has 0 aliphatic carbocycles. The number of alkyl halides is 3. The number of rotatable bonds is 9. The van der Waals surface area contributed by atoms with Crippen LogP contribution in [-0.2, 0) is 35.3 Å². The number of aromatic nitrogens is 1. The molecule has 1 aliphatic heterocycles. The van der Waals surface area contributed by atoms with E-state index < -0.39 is 11.7 Å². The number of hydrogen-bond donors (Lipinski definition) is 0. The van der Waals surface area contributed by atoms with E-state index in [0.717, 1.165) is 17.7 Å². The second kappa shape index (κ2) is 12.9. The summed E-state index contributed by atoms with van der Waals surface area (Å²) in [7, 11) is 0. The van der Waals surface area contributed by atoms with E-state index in [0.29, 0.717) is 66.9 Å². The number of benzene rings is 2. The maximum Gasteiger partial charge on any atom is 0.416 e. The van der Waals surface area contributed by atoms with Crippen LogP contribution in [0.15, 0.2) is 53.9 Å². The number of halogens is 4. The molecule has 0 spiro atoms. The van der Waals surface area contributed by atoms with Crippen LogP contribution in [0.3, 0.4) is 0 Å². The lowest BCUT2D eigenvalue weighted by Crippen LogP contribution is -2.40. The molecule has 1 aliphatic rings. The first-order valence-electron chi connectivity index (χ1n) is 12.7. The van der Waals surface area contributed by atoms with Gasteiger partial charge < -0.3 is 9.64 Å². The molecular formula is C28H29ClF3N3O3S. The Kier molecular flexibility index (Phi) is 9.63. The largest absolute Gasteiger partial charge is 0.466 e. The Labute approximate surface area is 234 Å². The van der Waals surface area contributed by atoms with E-state index in [4.69, 9.17) is 16.3 Å². The highest BCUT2D eigenvalue weighted by Crippen LogP contribution is 2.30. The van der Waals surface area contributed by atoms with Gasteiger partial charge in [0.05, 0.1) is 24.6 Å². The molecule has 0 bridgehead atoms. The lowest BCUT2D eigenvalue weighted by molar-refractivity contribution is -0.149. The second-order valence-corrected chi connectivity index (χ2v) is 10.8. The highest BCUT2D eigenvalue weighted by atomic mass is 35.5. The van der Waals surface area contributed by atoms with E-state index in [1.165, 1.54) is 17.4 Å². The lowest BCUT2D eigenvalue weighted by Gasteiger charge is -2.30. The van der Waals surface area contributed by atoms with Gasteiger partial charge in [-0.3, -0.25) is 14.5 Å². The SMILES string of the molecule is CCOC(=O)C1CCN(C(=O)c2csc(CN(Cc3cccc(Cl)c3)Cc3cccc(C(F)(F)F)c3)n2)CC1. The van der Waals surface area contributed by atoms with Gasteiger partial charge in [-0.15, -0.1) is 11.3 Å². The fraction of sp³-hybridized carbons (Fsp3) is 0.393. The van der Waals surface area contributed by atoms with Gasteiger partial charge in [0, 0.05) is 36.6 Å². The summed E-state index contributed by atoms with van der Waals surface area (Å²) >= 11 is 7.49. The zero-order valence-corrected chi connectivity index (χ0v) is 23.0. The predicted molar refractivity (Wildman–Crippen MR) is 143 cm³/mol. The predicted octanol–water partition coefficient (Wildman–Crippen LogP) is 6.43. The zero-order chi connectivity index (χ0) is 28.0. The standard InChI is InChI=1S/C28H29ClF3N3O3S/c1-2-38-27(37)21-9-11-35(12-10-21)26(36)24-18-39-25(33-24)17-34(16-20-6-4-8-23(29)14-20)15-19-5-3-7-22(13-19)28(30,31)32/h3-8,13-14,18,21H,2,9-12,15-17H2,1H3. The van der Waals surface area contributed by atoms with Gasteiger partial charge in [-0.05, 0) is 49.1 Å². The van der Waals surface area contributed by atoms with Crippen molar-refractivity contribution in [1.29, 1.82) is 0 Å². The molecule has 11 heteroatoms. The maximum atomic E-state index is 13.3. The monoisotopic (exact) mass is 579 g/mol. The molecule has 39 heavy (non-hydrogen) atoms. The van der Waals surface area contributed by atoms with Crippen molar-refractivity contribution in [2.45, 2.75) is 45.6 Å². The van der Waals surface area contributed by atoms with Gasteiger partial charge in [0.2, 0.25) is 0 Å². The number of thiazole rings is 1. The van der Waals surface area contributed by atoms with Gasteiger partial charge in [0.15, 0.2) is 0 Å². The molecule has 2 aromatic carbocycles. The molecule has 1 fully saturated rings. The zero-order valence-electron chi connectivity index (χ0n) is 21.4. The Morgan fingerprint density at radius 3 is 2.38 bits per heavy atom. The number of carbonyl (C=O) groups excluding carboxylic acids is 2. The summed E-state index contributed by atoms with van der Waals surface area (Å²) in [5, 5.41) is 2.95. The van der Waals surface area contributed by atoms with Crippen LogP contribution >= 0.6 is 22.9 Å². The first-order valence-corrected chi connectivity index (χ1v) is 13.9. The number of piperidine rings is 1. The first kappa shape index (κ1) is 29.0. The quantitative estimate of drug-likeness (QED) is 0.273. The molecule has 0 saturated carbocycles. The number of ether oxygens (including phenoxy) is 1. The van der Waals surface area contributed by atoms with Crippen LogP contribution in [0.4, 0.5) is 13.2 Å². The molecule has 6 nitrogen and oxygen atoms in total. The van der Waals surface area contributed by atoms with Gasteiger partial charge in [-0.25, -0.2) is 4.98 Å². The molecule has 1 amide bonds. The third-order valence-corrected chi connectivity index (χ3v) is 7.56. The van der Waals surface area contributed by atoms with Crippen LogP contribution in [0.5, 0.6) is 0 Å². The van der Waals surface area contributed by atoms with E-state index >= 15 is 0 Å². The fourth-order valence-electron chi connectivity index (χ4n) is 4.58. The Morgan fingerprint density at radius 1 is 1.08 bits per heavy atom. The lowest BCUT2D eigenvalue weighted by atomic mass is 9.97. The van der Waals surface area contributed by atoms with Gasteiger partial charge in [0.25, 0.3) is 5.91 Å². The van der Waals surface area contributed by atoms with E-state index in [-0.39, 0.29) is 24.3 Å². The molecule has 0 atom stereocenters. The van der Waals surface area contributed by atoms with Crippen molar-refractivity contribution in [3.63, 3.8) is 0 Å². The average molecular weight is 580 g/mol. The summed E-state index contributed by atoms with van der Waals surface area (Å²) in [6.45, 7) is 4.03.